The van der Waals surface area contributed by atoms with Crippen molar-refractivity contribution >= 4 is 16.8 Å². The fourth-order valence-corrected chi connectivity index (χ4v) is 3.97. The Kier molecular flexibility index (Phi) is 5.35. The van der Waals surface area contributed by atoms with Crippen LogP contribution >= 0.6 is 0 Å². The van der Waals surface area contributed by atoms with Crippen molar-refractivity contribution in [1.29, 1.82) is 0 Å². The maximum atomic E-state index is 12.9. The number of rotatable bonds is 4. The summed E-state index contributed by atoms with van der Waals surface area (Å²) in [6.45, 7) is 1.97. The average Bonchev–Trinajstić information content (AvgIpc) is 2.69. The number of carbonyl (C=O) groups excluding carboxylic acids is 1. The Morgan fingerprint density at radius 2 is 2.00 bits per heavy atom. The van der Waals surface area contributed by atoms with E-state index in [9.17, 15) is 9.90 Å². The Balaban J connectivity index is 1.66. The van der Waals surface area contributed by atoms with Gasteiger partial charge in [0.05, 0.1) is 17.7 Å². The number of nitrogens with zero attached hydrogens (tertiary/aromatic N) is 2. The van der Waals surface area contributed by atoms with E-state index in [0.717, 1.165) is 53.4 Å². The Morgan fingerprint density at radius 1 is 1.18 bits per heavy atom. The van der Waals surface area contributed by atoms with Gasteiger partial charge in [-0.25, -0.2) is 4.98 Å². The van der Waals surface area contributed by atoms with Crippen LogP contribution in [-0.4, -0.2) is 33.1 Å². The van der Waals surface area contributed by atoms with Crippen LogP contribution < -0.4 is 5.32 Å². The zero-order chi connectivity index (χ0) is 19.5. The smallest absolute Gasteiger partial charge is 0.270 e. The van der Waals surface area contributed by atoms with Crippen molar-refractivity contribution in [3.8, 4) is 0 Å². The first kappa shape index (κ1) is 18.6. The van der Waals surface area contributed by atoms with Crippen molar-refractivity contribution < 1.29 is 9.90 Å². The van der Waals surface area contributed by atoms with Crippen molar-refractivity contribution in [3.63, 3.8) is 0 Å². The van der Waals surface area contributed by atoms with Crippen molar-refractivity contribution in [1.82, 2.24) is 15.3 Å². The number of pyridine rings is 2. The highest BCUT2D eigenvalue weighted by Crippen LogP contribution is 2.23. The quantitative estimate of drug-likeness (QED) is 0.731. The molecule has 2 heterocycles. The Bertz CT molecular complexity index is 1000. The Labute approximate surface area is 164 Å². The van der Waals surface area contributed by atoms with Gasteiger partial charge in [-0.05, 0) is 61.6 Å². The van der Waals surface area contributed by atoms with Crippen LogP contribution in [0.4, 0.5) is 0 Å². The minimum atomic E-state index is -0.475. The number of para-hydroxylation sites is 1. The van der Waals surface area contributed by atoms with E-state index < -0.39 is 6.10 Å². The van der Waals surface area contributed by atoms with Gasteiger partial charge in [0.15, 0.2) is 0 Å². The molecule has 3 aromatic rings. The fraction of sp³-hybridized carbons (Fsp3) is 0.348. The number of hydrogen-bond donors (Lipinski definition) is 2. The molecule has 1 aliphatic rings. The third-order valence-corrected chi connectivity index (χ3v) is 5.44. The third kappa shape index (κ3) is 4.04. The number of carbonyl (C=O) groups is 1. The number of aromatic nitrogens is 2. The van der Waals surface area contributed by atoms with E-state index in [4.69, 9.17) is 0 Å². The molecule has 1 fully saturated rings. The van der Waals surface area contributed by atoms with E-state index >= 15 is 0 Å². The van der Waals surface area contributed by atoms with Crippen LogP contribution in [0.3, 0.4) is 0 Å². The highest BCUT2D eigenvalue weighted by molar-refractivity contribution is 5.96. The predicted octanol–water partition coefficient (Wildman–Crippen LogP) is 3.56. The van der Waals surface area contributed by atoms with Gasteiger partial charge in [0, 0.05) is 17.3 Å². The molecule has 0 spiro atoms. The molecular formula is C23H25N3O2. The number of aliphatic hydroxyl groups is 1. The summed E-state index contributed by atoms with van der Waals surface area (Å²) < 4.78 is 0. The van der Waals surface area contributed by atoms with Crippen LogP contribution in [0, 0.1) is 6.92 Å². The topological polar surface area (TPSA) is 75.1 Å². The highest BCUT2D eigenvalue weighted by atomic mass is 16.3. The molecule has 2 N–H and O–H groups in total. The van der Waals surface area contributed by atoms with Crippen LogP contribution in [0.2, 0.25) is 0 Å². The van der Waals surface area contributed by atoms with E-state index in [1.807, 2.05) is 49.5 Å². The molecule has 5 nitrogen and oxygen atoms in total. The summed E-state index contributed by atoms with van der Waals surface area (Å²) >= 11 is 0. The van der Waals surface area contributed by atoms with Crippen molar-refractivity contribution in [2.24, 2.45) is 0 Å². The van der Waals surface area contributed by atoms with Gasteiger partial charge in [0.25, 0.3) is 5.91 Å². The van der Waals surface area contributed by atoms with Gasteiger partial charge in [-0.2, -0.15) is 0 Å². The summed E-state index contributed by atoms with van der Waals surface area (Å²) in [6, 6.07) is 13.6. The van der Waals surface area contributed by atoms with Gasteiger partial charge in [-0.3, -0.25) is 9.78 Å². The van der Waals surface area contributed by atoms with Crippen LogP contribution in [-0.2, 0) is 6.42 Å². The lowest BCUT2D eigenvalue weighted by atomic mass is 9.92. The minimum Gasteiger partial charge on any atom is -0.391 e. The second-order valence-electron chi connectivity index (χ2n) is 7.60. The number of nitrogens with one attached hydrogen (secondary N) is 1. The van der Waals surface area contributed by atoms with Crippen LogP contribution in [0.1, 0.15) is 53.0 Å². The van der Waals surface area contributed by atoms with E-state index in [2.05, 4.69) is 21.4 Å². The molecule has 1 aliphatic carbocycles. The summed E-state index contributed by atoms with van der Waals surface area (Å²) in [4.78, 5) is 21.7. The third-order valence-electron chi connectivity index (χ3n) is 5.44. The summed E-state index contributed by atoms with van der Waals surface area (Å²) in [6.07, 6.45) is 5.63. The lowest BCUT2D eigenvalue weighted by Crippen LogP contribution is -2.45. The standard InChI is InChI=1S/C23H25N3O2/c1-15-12-16(10-11-24-15)13-17-14-21(25-19-7-3-2-6-18(17)19)23(28)26-20-8-4-5-9-22(20)27/h2-3,6-7,10-12,14,20,22,27H,4-5,8-9,13H2,1H3,(H,26,28)/t20-,22-/m0/s1. The molecule has 0 aliphatic heterocycles. The lowest BCUT2D eigenvalue weighted by Gasteiger charge is -2.28. The second kappa shape index (κ2) is 8.07. The van der Waals surface area contributed by atoms with Gasteiger partial charge in [-0.1, -0.05) is 31.0 Å². The zero-order valence-corrected chi connectivity index (χ0v) is 16.1. The van der Waals surface area contributed by atoms with Gasteiger partial charge in [-0.15, -0.1) is 0 Å². The minimum absolute atomic E-state index is 0.194. The number of aliphatic hydroxyl groups excluding tert-OH is 1. The molecule has 1 aromatic carbocycles. The highest BCUT2D eigenvalue weighted by Gasteiger charge is 2.25. The monoisotopic (exact) mass is 375 g/mol. The molecule has 2 aromatic heterocycles. The average molecular weight is 375 g/mol. The molecule has 1 saturated carbocycles. The van der Waals surface area contributed by atoms with E-state index in [1.165, 1.54) is 0 Å². The van der Waals surface area contributed by atoms with Crippen molar-refractivity contribution in [2.75, 3.05) is 0 Å². The first-order chi connectivity index (χ1) is 13.6. The summed E-state index contributed by atoms with van der Waals surface area (Å²) in [5, 5.41) is 14.2. The lowest BCUT2D eigenvalue weighted by molar-refractivity contribution is 0.0714. The number of fused-ring (bicyclic) bond motifs is 1. The predicted molar refractivity (Wildman–Crippen MR) is 109 cm³/mol. The Morgan fingerprint density at radius 3 is 2.82 bits per heavy atom. The normalized spacial score (nSPS) is 19.5. The van der Waals surface area contributed by atoms with Gasteiger partial charge < -0.3 is 10.4 Å². The Hall–Kier alpha value is -2.79. The zero-order valence-electron chi connectivity index (χ0n) is 16.1. The first-order valence-electron chi connectivity index (χ1n) is 9.89. The summed E-state index contributed by atoms with van der Waals surface area (Å²) in [5.41, 5.74) is 4.39. The van der Waals surface area contributed by atoms with Crippen LogP contribution in [0.5, 0.6) is 0 Å². The molecule has 2 atom stereocenters. The summed E-state index contributed by atoms with van der Waals surface area (Å²) in [7, 11) is 0. The van der Waals surface area contributed by atoms with E-state index in [0.29, 0.717) is 12.1 Å². The van der Waals surface area contributed by atoms with Crippen molar-refractivity contribution in [2.45, 2.75) is 51.2 Å². The molecule has 0 saturated heterocycles. The van der Waals surface area contributed by atoms with Crippen LogP contribution in [0.15, 0.2) is 48.7 Å². The SMILES string of the molecule is Cc1cc(Cc2cc(C(=O)N[C@H]3CCCC[C@@H]3O)nc3ccccc23)ccn1. The molecular weight excluding hydrogens is 350 g/mol. The van der Waals surface area contributed by atoms with Crippen LogP contribution in [0.25, 0.3) is 10.9 Å². The molecule has 144 valence electrons. The van der Waals surface area contributed by atoms with Crippen molar-refractivity contribution in [3.05, 3.63) is 71.2 Å². The largest absolute Gasteiger partial charge is 0.391 e. The van der Waals surface area contributed by atoms with E-state index in [1.54, 1.807) is 0 Å². The van der Waals surface area contributed by atoms with Gasteiger partial charge in [0.2, 0.25) is 0 Å². The summed E-state index contributed by atoms with van der Waals surface area (Å²) in [5.74, 6) is -0.219. The molecule has 0 unspecified atom stereocenters. The maximum absolute atomic E-state index is 12.9. The first-order valence-corrected chi connectivity index (χ1v) is 9.89. The molecule has 0 radical (unpaired) electrons. The molecule has 0 bridgehead atoms. The second-order valence-corrected chi connectivity index (χ2v) is 7.60. The maximum Gasteiger partial charge on any atom is 0.270 e. The number of aryl methyl sites for hydroxylation is 1. The van der Waals surface area contributed by atoms with Gasteiger partial charge >= 0.3 is 0 Å². The van der Waals surface area contributed by atoms with Gasteiger partial charge in [0.1, 0.15) is 5.69 Å². The number of hydrogen-bond acceptors (Lipinski definition) is 4. The number of benzene rings is 1. The molecule has 1 amide bonds. The fourth-order valence-electron chi connectivity index (χ4n) is 3.97. The molecule has 28 heavy (non-hydrogen) atoms. The van der Waals surface area contributed by atoms with E-state index in [-0.39, 0.29) is 11.9 Å². The number of amides is 1. The molecule has 4 rings (SSSR count). The molecule has 5 heteroatoms.